The van der Waals surface area contributed by atoms with Crippen LogP contribution in [-0.4, -0.2) is 99.0 Å². The number of alkyl halides is 3. The van der Waals surface area contributed by atoms with E-state index in [2.05, 4.69) is 10.3 Å². The zero-order valence-corrected chi connectivity index (χ0v) is 28.7. The quantitative estimate of drug-likeness (QED) is 0.150. The normalized spacial score (nSPS) is 17.8. The number of aromatic nitrogens is 2. The lowest BCUT2D eigenvalue weighted by Gasteiger charge is -2.41. The molecule has 3 atom stereocenters. The van der Waals surface area contributed by atoms with Gasteiger partial charge in [0.15, 0.2) is 5.76 Å². The molecule has 53 heavy (non-hydrogen) atoms. The van der Waals surface area contributed by atoms with Crippen molar-refractivity contribution in [2.45, 2.75) is 37.7 Å². The van der Waals surface area contributed by atoms with Crippen LogP contribution in [0.5, 0.6) is 5.75 Å². The Bertz CT molecular complexity index is 1920. The third kappa shape index (κ3) is 9.80. The number of ether oxygens (including phenoxy) is 1. The highest BCUT2D eigenvalue weighted by molar-refractivity contribution is 5.90. The van der Waals surface area contributed by atoms with Crippen molar-refractivity contribution in [2.24, 2.45) is 5.92 Å². The van der Waals surface area contributed by atoms with Gasteiger partial charge in [-0.25, -0.2) is 4.39 Å². The molecule has 1 fully saturated rings. The molecule has 4 heterocycles. The van der Waals surface area contributed by atoms with Gasteiger partial charge in [0.2, 0.25) is 11.8 Å². The maximum Gasteiger partial charge on any atom is 0.405 e. The van der Waals surface area contributed by atoms with Gasteiger partial charge in [0, 0.05) is 69.0 Å². The summed E-state index contributed by atoms with van der Waals surface area (Å²) in [5.74, 6) is -2.20. The van der Waals surface area contributed by atoms with E-state index >= 15 is 0 Å². The number of piperazine rings is 1. The number of fused-ring (bicyclic) bond motifs is 1. The third-order valence-corrected chi connectivity index (χ3v) is 9.27. The molecular formula is C38H40F4N6O5. The first-order valence-corrected chi connectivity index (χ1v) is 17.2. The van der Waals surface area contributed by atoms with E-state index < -0.39 is 48.4 Å². The molecule has 280 valence electrons. The van der Waals surface area contributed by atoms with Gasteiger partial charge in [-0.1, -0.05) is 30.3 Å². The Balaban J connectivity index is 1.16. The van der Waals surface area contributed by atoms with E-state index in [0.29, 0.717) is 30.1 Å². The summed E-state index contributed by atoms with van der Waals surface area (Å²) in [4.78, 5) is 34.8. The Morgan fingerprint density at radius 2 is 1.81 bits per heavy atom. The summed E-state index contributed by atoms with van der Waals surface area (Å²) in [5.41, 5.74) is 2.61. The number of para-hydroxylation sites is 2. The Hall–Kier alpha value is -5.25. The maximum absolute atomic E-state index is 14.4. The van der Waals surface area contributed by atoms with Crippen molar-refractivity contribution in [3.63, 3.8) is 0 Å². The molecule has 15 heteroatoms. The molecule has 4 N–H and O–H groups in total. The lowest BCUT2D eigenvalue weighted by molar-refractivity contribution is -0.143. The van der Waals surface area contributed by atoms with E-state index in [1.54, 1.807) is 88.9 Å². The van der Waals surface area contributed by atoms with E-state index in [1.807, 2.05) is 16.3 Å². The van der Waals surface area contributed by atoms with Gasteiger partial charge >= 0.3 is 6.18 Å². The molecule has 1 saturated heterocycles. The number of hydrogen-bond donors (Lipinski definition) is 4. The second-order valence-corrected chi connectivity index (χ2v) is 13.2. The highest BCUT2D eigenvalue weighted by Gasteiger charge is 2.37. The summed E-state index contributed by atoms with van der Waals surface area (Å²) in [7, 11) is 0. The van der Waals surface area contributed by atoms with Crippen LogP contribution in [0.25, 0.3) is 11.4 Å². The second-order valence-electron chi connectivity index (χ2n) is 13.2. The second kappa shape index (κ2) is 16.6. The number of rotatable bonds is 13. The molecule has 2 aromatic carbocycles. The third-order valence-electron chi connectivity index (χ3n) is 9.27. The monoisotopic (exact) mass is 736 g/mol. The van der Waals surface area contributed by atoms with Crippen LogP contribution < -0.4 is 15.4 Å². The highest BCUT2D eigenvalue weighted by atomic mass is 19.4. The van der Waals surface area contributed by atoms with Crippen LogP contribution in [0.1, 0.15) is 23.1 Å². The van der Waals surface area contributed by atoms with E-state index in [9.17, 15) is 37.4 Å². The minimum absolute atomic E-state index is 0.0619. The van der Waals surface area contributed by atoms with Gasteiger partial charge in [0.25, 0.3) is 0 Å². The smallest absolute Gasteiger partial charge is 0.405 e. The molecule has 0 spiro atoms. The van der Waals surface area contributed by atoms with E-state index in [0.717, 1.165) is 11.1 Å². The molecule has 0 saturated carbocycles. The van der Waals surface area contributed by atoms with Crippen molar-refractivity contribution in [3.8, 4) is 11.4 Å². The average Bonchev–Trinajstić information content (AvgIpc) is 3.60. The number of nitrogens with zero attached hydrogens (tertiary/aromatic N) is 4. The van der Waals surface area contributed by atoms with Crippen LogP contribution in [-0.2, 0) is 22.6 Å². The number of pyridine rings is 1. The molecule has 4 aromatic rings. The lowest BCUT2D eigenvalue weighted by atomic mass is 9.92. The summed E-state index contributed by atoms with van der Waals surface area (Å²) in [6, 6.07) is 17.5. The molecule has 0 unspecified atom stereocenters. The first-order chi connectivity index (χ1) is 25.4. The number of amides is 2. The van der Waals surface area contributed by atoms with Crippen molar-refractivity contribution in [1.29, 1.82) is 0 Å². The van der Waals surface area contributed by atoms with Gasteiger partial charge < -0.3 is 30.2 Å². The maximum atomic E-state index is 14.4. The number of benzene rings is 2. The summed E-state index contributed by atoms with van der Waals surface area (Å²) in [6.07, 6.45) is 1.03. The first kappa shape index (κ1) is 37.5. The Labute approximate surface area is 303 Å². The molecular weight excluding hydrogens is 696 g/mol. The molecule has 11 nitrogen and oxygen atoms in total. The molecule has 2 aliphatic rings. The van der Waals surface area contributed by atoms with Crippen LogP contribution in [0.4, 0.5) is 17.6 Å². The summed E-state index contributed by atoms with van der Waals surface area (Å²) in [5, 5.41) is 26.9. The number of β-amino-alcohol motifs (C(OH)–C–C–N with tert-alkyl or cyclic N) is 1. The van der Waals surface area contributed by atoms with E-state index in [4.69, 9.17) is 4.74 Å². The Morgan fingerprint density at radius 1 is 1.02 bits per heavy atom. The topological polar surface area (TPSA) is 132 Å². The molecule has 0 aliphatic carbocycles. The van der Waals surface area contributed by atoms with Crippen LogP contribution in [0.3, 0.4) is 0 Å². The van der Waals surface area contributed by atoms with Crippen LogP contribution in [0.15, 0.2) is 97.3 Å². The van der Waals surface area contributed by atoms with Crippen LogP contribution in [0.2, 0.25) is 0 Å². The zero-order valence-electron chi connectivity index (χ0n) is 28.7. The van der Waals surface area contributed by atoms with E-state index in [-0.39, 0.29) is 50.5 Å². The standard InChI is InChI=1S/C38H40F4N6O5/c39-30-8-2-3-9-31(30)47-13-11-26(20-47)19-46-14-15-48(32(22-46)37(52)44-24-38(40,41)42)21-28(49)17-27(16-25-6-5-12-43-18-25)36(51)45-35-29-7-1-4-10-34(29)53-23-33(35)50/h1-13,18,20,27-28,32,49-50H,14-17,19,21-24H2,(H,44,52)(H,45,51)/t27-,28+,32+/m1/s1. The lowest BCUT2D eigenvalue weighted by Crippen LogP contribution is -2.60. The van der Waals surface area contributed by atoms with Crippen LogP contribution >= 0.6 is 0 Å². The first-order valence-electron chi connectivity index (χ1n) is 17.2. The molecule has 2 aromatic heterocycles. The average molecular weight is 737 g/mol. The van der Waals surface area contributed by atoms with Gasteiger partial charge in [0.05, 0.1) is 17.5 Å². The van der Waals surface area contributed by atoms with Crippen molar-refractivity contribution in [3.05, 3.63) is 120 Å². The number of carbonyl (C=O) groups excluding carboxylic acids is 2. The zero-order chi connectivity index (χ0) is 37.5. The van der Waals surface area contributed by atoms with Crippen molar-refractivity contribution in [1.82, 2.24) is 30.0 Å². The fourth-order valence-electron chi connectivity index (χ4n) is 6.69. The molecule has 0 bridgehead atoms. The minimum atomic E-state index is -4.62. The molecule has 2 aliphatic heterocycles. The number of aliphatic hydroxyl groups excluding tert-OH is 2. The SMILES string of the molecule is O=C(NC1=C(O)COc2ccccc21)[C@H](Cc1cccnc1)C[C@H](O)CN1CCN(Cc2ccn(-c3ccccc3F)c2)C[C@H]1C(=O)NCC(F)(F)F. The summed E-state index contributed by atoms with van der Waals surface area (Å²) < 4.78 is 60.9. The van der Waals surface area contributed by atoms with Gasteiger partial charge in [-0.2, -0.15) is 13.2 Å². The Kier molecular flexibility index (Phi) is 11.8. The number of halogens is 4. The predicted octanol–water partition coefficient (Wildman–Crippen LogP) is 4.22. The Morgan fingerprint density at radius 3 is 2.58 bits per heavy atom. The summed E-state index contributed by atoms with van der Waals surface area (Å²) >= 11 is 0. The largest absolute Gasteiger partial charge is 0.507 e. The van der Waals surface area contributed by atoms with Gasteiger partial charge in [0.1, 0.15) is 30.8 Å². The van der Waals surface area contributed by atoms with Crippen molar-refractivity contribution < 1.29 is 42.1 Å². The number of carbonyl (C=O) groups is 2. The fraction of sp³-hybridized carbons (Fsp3) is 0.342. The molecule has 2 amide bonds. The fourth-order valence-corrected chi connectivity index (χ4v) is 6.69. The van der Waals surface area contributed by atoms with Crippen molar-refractivity contribution >= 4 is 17.5 Å². The number of nitrogens with one attached hydrogen (secondary N) is 2. The molecule has 6 rings (SSSR count). The van der Waals surface area contributed by atoms with Gasteiger partial charge in [-0.3, -0.25) is 24.4 Å². The van der Waals surface area contributed by atoms with E-state index in [1.165, 1.54) is 6.07 Å². The van der Waals surface area contributed by atoms with Crippen LogP contribution in [0, 0.1) is 11.7 Å². The minimum Gasteiger partial charge on any atom is -0.507 e. The summed E-state index contributed by atoms with van der Waals surface area (Å²) in [6.45, 7) is -0.649. The predicted molar refractivity (Wildman–Crippen MR) is 187 cm³/mol. The van der Waals surface area contributed by atoms with Crippen molar-refractivity contribution in [2.75, 3.05) is 39.3 Å². The molecule has 0 radical (unpaired) electrons. The number of hydrogen-bond acceptors (Lipinski definition) is 8. The number of aliphatic hydroxyl groups is 2. The van der Waals surface area contributed by atoms with Gasteiger partial charge in [-0.05, 0) is 60.4 Å². The highest BCUT2D eigenvalue weighted by Crippen LogP contribution is 2.31. The van der Waals surface area contributed by atoms with Gasteiger partial charge in [-0.15, -0.1) is 0 Å².